The molecule has 0 saturated heterocycles. The molecule has 8 heteroatoms. The number of aromatic amines is 1. The van der Waals surface area contributed by atoms with Crippen LogP contribution in [-0.4, -0.2) is 36.7 Å². The Bertz CT molecular complexity index is 928. The molecule has 0 radical (unpaired) electrons. The van der Waals surface area contributed by atoms with Crippen LogP contribution in [0.1, 0.15) is 12.7 Å². The Labute approximate surface area is 188 Å². The van der Waals surface area contributed by atoms with Crippen molar-refractivity contribution in [1.82, 2.24) is 15.3 Å². The number of imidazole rings is 1. The van der Waals surface area contributed by atoms with Crippen molar-refractivity contribution in [2.75, 3.05) is 26.1 Å². The second-order valence-electron chi connectivity index (χ2n) is 5.96. The molecule has 0 bridgehead atoms. The number of hydrogen-bond donors (Lipinski definition) is 3. The van der Waals surface area contributed by atoms with Gasteiger partial charge in [-0.05, 0) is 24.6 Å². The molecule has 3 aromatic rings. The zero-order chi connectivity index (χ0) is 19.8. The predicted molar refractivity (Wildman–Crippen MR) is 127 cm³/mol. The molecule has 0 aliphatic rings. The number of anilines is 1. The van der Waals surface area contributed by atoms with E-state index in [0.29, 0.717) is 30.6 Å². The number of halogens is 1. The van der Waals surface area contributed by atoms with Gasteiger partial charge in [0.25, 0.3) is 0 Å². The van der Waals surface area contributed by atoms with Gasteiger partial charge in [-0.3, -0.25) is 4.99 Å². The third kappa shape index (κ3) is 6.11. The molecule has 3 rings (SSSR count). The molecule has 0 aliphatic carbocycles. The van der Waals surface area contributed by atoms with Crippen LogP contribution in [0.25, 0.3) is 11.3 Å². The highest BCUT2D eigenvalue weighted by atomic mass is 127. The van der Waals surface area contributed by atoms with Crippen LogP contribution in [0.15, 0.2) is 59.7 Å². The Morgan fingerprint density at radius 3 is 2.62 bits per heavy atom. The summed E-state index contributed by atoms with van der Waals surface area (Å²) in [6.45, 7) is 3.02. The Balaban J connectivity index is 0.00000300. The summed E-state index contributed by atoms with van der Waals surface area (Å²) in [6.07, 6.45) is 1.83. The normalized spacial score (nSPS) is 10.8. The molecule has 1 aromatic heterocycles. The largest absolute Gasteiger partial charge is 0.493 e. The molecule has 29 heavy (non-hydrogen) atoms. The molecule has 7 nitrogen and oxygen atoms in total. The van der Waals surface area contributed by atoms with Gasteiger partial charge >= 0.3 is 0 Å². The number of aliphatic imine (C=N–C) groups is 1. The number of benzene rings is 2. The Kier molecular flexibility index (Phi) is 8.78. The van der Waals surface area contributed by atoms with Crippen molar-refractivity contribution in [3.05, 3.63) is 60.6 Å². The second-order valence-corrected chi connectivity index (χ2v) is 5.96. The fourth-order valence-corrected chi connectivity index (χ4v) is 2.72. The maximum Gasteiger partial charge on any atom is 0.195 e. The van der Waals surface area contributed by atoms with Gasteiger partial charge in [-0.2, -0.15) is 0 Å². The lowest BCUT2D eigenvalue weighted by Crippen LogP contribution is -2.30. The molecule has 2 aromatic carbocycles. The number of rotatable bonds is 7. The van der Waals surface area contributed by atoms with Gasteiger partial charge in [-0.15, -0.1) is 24.0 Å². The average molecular weight is 507 g/mol. The summed E-state index contributed by atoms with van der Waals surface area (Å²) in [7, 11) is 3.35. The lowest BCUT2D eigenvalue weighted by Gasteiger charge is -2.14. The van der Waals surface area contributed by atoms with Crippen LogP contribution >= 0.6 is 24.0 Å². The number of nitrogens with one attached hydrogen (secondary N) is 3. The molecular formula is C21H26IN5O2. The number of hydrogen-bond acceptors (Lipinski definition) is 4. The highest BCUT2D eigenvalue weighted by Gasteiger charge is 2.08. The van der Waals surface area contributed by atoms with Gasteiger partial charge < -0.3 is 25.1 Å². The molecule has 0 amide bonds. The highest BCUT2D eigenvalue weighted by molar-refractivity contribution is 14.0. The van der Waals surface area contributed by atoms with E-state index in [0.717, 1.165) is 22.8 Å². The molecule has 0 aliphatic heterocycles. The van der Waals surface area contributed by atoms with Gasteiger partial charge in [0.2, 0.25) is 0 Å². The van der Waals surface area contributed by atoms with Crippen molar-refractivity contribution in [2.24, 2.45) is 4.99 Å². The molecule has 1 heterocycles. The van der Waals surface area contributed by atoms with E-state index in [1.165, 1.54) is 0 Å². The van der Waals surface area contributed by atoms with E-state index < -0.39 is 0 Å². The molecule has 3 N–H and O–H groups in total. The van der Waals surface area contributed by atoms with Crippen LogP contribution < -0.4 is 20.1 Å². The standard InChI is InChI=1S/C21H25N5O2.HI/c1-4-28-19-12-16(10-11-18(19)27-3)25-21(22-2)24-14-20-23-13-17(26-20)15-8-6-5-7-9-15;/h5-13H,4,14H2,1-3H3,(H,23,26)(H2,22,24,25);1H. The minimum absolute atomic E-state index is 0. The quantitative estimate of drug-likeness (QED) is 0.253. The van der Waals surface area contributed by atoms with Crippen molar-refractivity contribution in [2.45, 2.75) is 13.5 Å². The minimum atomic E-state index is 0. The Morgan fingerprint density at radius 2 is 1.93 bits per heavy atom. The molecule has 0 spiro atoms. The van der Waals surface area contributed by atoms with Crippen LogP contribution in [0, 0.1) is 0 Å². The summed E-state index contributed by atoms with van der Waals surface area (Å²) in [5.41, 5.74) is 2.93. The van der Waals surface area contributed by atoms with Gasteiger partial charge in [0, 0.05) is 18.8 Å². The first kappa shape index (κ1) is 22.5. The van der Waals surface area contributed by atoms with E-state index in [1.807, 2.05) is 61.7 Å². The molecule has 0 saturated carbocycles. The average Bonchev–Trinajstić information content (AvgIpc) is 3.21. The first-order valence-corrected chi connectivity index (χ1v) is 9.11. The minimum Gasteiger partial charge on any atom is -0.493 e. The fourth-order valence-electron chi connectivity index (χ4n) is 2.72. The van der Waals surface area contributed by atoms with Crippen LogP contribution in [-0.2, 0) is 6.54 Å². The number of nitrogens with zero attached hydrogens (tertiary/aromatic N) is 2. The molecule has 0 atom stereocenters. The zero-order valence-corrected chi connectivity index (χ0v) is 19.1. The van der Waals surface area contributed by atoms with Crippen LogP contribution in [0.4, 0.5) is 5.69 Å². The van der Waals surface area contributed by atoms with E-state index >= 15 is 0 Å². The zero-order valence-electron chi connectivity index (χ0n) is 16.7. The van der Waals surface area contributed by atoms with Crippen molar-refractivity contribution in [1.29, 1.82) is 0 Å². The van der Waals surface area contributed by atoms with E-state index in [-0.39, 0.29) is 24.0 Å². The SMILES string of the molecule is CCOc1cc(NC(=NC)NCc2ncc(-c3ccccc3)[nH]2)ccc1OC.I. The summed E-state index contributed by atoms with van der Waals surface area (Å²) in [4.78, 5) is 12.0. The number of aromatic nitrogens is 2. The summed E-state index contributed by atoms with van der Waals surface area (Å²) < 4.78 is 10.9. The van der Waals surface area contributed by atoms with E-state index in [4.69, 9.17) is 9.47 Å². The van der Waals surface area contributed by atoms with Crippen molar-refractivity contribution < 1.29 is 9.47 Å². The number of guanidine groups is 1. The number of methoxy groups -OCH3 is 1. The topological polar surface area (TPSA) is 83.6 Å². The maximum atomic E-state index is 5.62. The Hall–Kier alpha value is -2.75. The van der Waals surface area contributed by atoms with E-state index in [9.17, 15) is 0 Å². The fraction of sp³-hybridized carbons (Fsp3) is 0.238. The predicted octanol–water partition coefficient (Wildman–Crippen LogP) is 4.29. The van der Waals surface area contributed by atoms with Gasteiger partial charge in [0.05, 0.1) is 32.2 Å². The highest BCUT2D eigenvalue weighted by Crippen LogP contribution is 2.30. The molecule has 0 fully saturated rings. The second kappa shape index (κ2) is 11.3. The van der Waals surface area contributed by atoms with Gasteiger partial charge in [0.15, 0.2) is 17.5 Å². The first-order chi connectivity index (χ1) is 13.7. The molecule has 154 valence electrons. The maximum absolute atomic E-state index is 5.62. The van der Waals surface area contributed by atoms with E-state index in [2.05, 4.69) is 25.6 Å². The number of H-pyrrole nitrogens is 1. The van der Waals surface area contributed by atoms with Crippen LogP contribution in [0.2, 0.25) is 0 Å². The van der Waals surface area contributed by atoms with Crippen LogP contribution in [0.5, 0.6) is 11.5 Å². The Morgan fingerprint density at radius 1 is 1.14 bits per heavy atom. The third-order valence-electron chi connectivity index (χ3n) is 4.09. The van der Waals surface area contributed by atoms with E-state index in [1.54, 1.807) is 14.2 Å². The summed E-state index contributed by atoms with van der Waals surface area (Å²) in [5.74, 6) is 2.83. The lowest BCUT2D eigenvalue weighted by atomic mass is 10.2. The van der Waals surface area contributed by atoms with Crippen LogP contribution in [0.3, 0.4) is 0 Å². The van der Waals surface area contributed by atoms with Crippen molar-refractivity contribution in [3.63, 3.8) is 0 Å². The van der Waals surface area contributed by atoms with Crippen molar-refractivity contribution in [3.8, 4) is 22.8 Å². The summed E-state index contributed by atoms with van der Waals surface area (Å²) >= 11 is 0. The van der Waals surface area contributed by atoms with Gasteiger partial charge in [0.1, 0.15) is 5.82 Å². The summed E-state index contributed by atoms with van der Waals surface area (Å²) in [6, 6.07) is 15.8. The lowest BCUT2D eigenvalue weighted by molar-refractivity contribution is 0.311. The summed E-state index contributed by atoms with van der Waals surface area (Å²) in [5, 5.41) is 6.50. The number of ether oxygens (including phenoxy) is 2. The molecular weight excluding hydrogens is 481 g/mol. The van der Waals surface area contributed by atoms with Gasteiger partial charge in [-0.1, -0.05) is 30.3 Å². The third-order valence-corrected chi connectivity index (χ3v) is 4.09. The first-order valence-electron chi connectivity index (χ1n) is 9.11. The smallest absolute Gasteiger partial charge is 0.195 e. The molecule has 0 unspecified atom stereocenters. The monoisotopic (exact) mass is 507 g/mol. The van der Waals surface area contributed by atoms with Crippen molar-refractivity contribution >= 4 is 35.6 Å². The van der Waals surface area contributed by atoms with Gasteiger partial charge in [-0.25, -0.2) is 4.98 Å².